The van der Waals surface area contributed by atoms with Gasteiger partial charge >= 0.3 is 12.1 Å². The SMILES string of the molecule is C[C@@H](O)[C@H]1C(=O)N2C(C(=O)O)=C(c3cn4cnc(C(=O)CNC(=O)OCc5ccc([N+](=O)[O-])cc5)c4s3)C[C@H]12. The minimum absolute atomic E-state index is 0.0682. The van der Waals surface area contributed by atoms with Gasteiger partial charge in [-0.2, -0.15) is 0 Å². The zero-order chi connectivity index (χ0) is 28.0. The molecular weight excluding hydrogens is 534 g/mol. The minimum atomic E-state index is -1.26. The topological polar surface area (TPSA) is 194 Å². The van der Waals surface area contributed by atoms with Crippen molar-refractivity contribution in [2.24, 2.45) is 5.92 Å². The number of alkyl carbamates (subject to hydrolysis) is 1. The summed E-state index contributed by atoms with van der Waals surface area (Å²) in [6, 6.07) is 5.02. The number of carboxylic acid groups (broad SMARTS) is 1. The van der Waals surface area contributed by atoms with Gasteiger partial charge in [-0.15, -0.1) is 11.3 Å². The van der Waals surface area contributed by atoms with Crippen molar-refractivity contribution in [3.63, 3.8) is 0 Å². The number of hydrogen-bond donors (Lipinski definition) is 3. The van der Waals surface area contributed by atoms with Gasteiger partial charge in [0.2, 0.25) is 11.7 Å². The van der Waals surface area contributed by atoms with Gasteiger partial charge in [-0.3, -0.25) is 24.1 Å². The number of non-ortho nitro benzene ring substituents is 1. The predicted molar refractivity (Wildman–Crippen MR) is 134 cm³/mol. The van der Waals surface area contributed by atoms with Crippen LogP contribution in [0, 0.1) is 16.0 Å². The van der Waals surface area contributed by atoms with Crippen LogP contribution in [-0.2, 0) is 20.9 Å². The fraction of sp³-hybridized carbons (Fsp3) is 0.292. The molecule has 1 fully saturated rings. The van der Waals surface area contributed by atoms with Gasteiger partial charge in [0.05, 0.1) is 34.4 Å². The van der Waals surface area contributed by atoms with Crippen molar-refractivity contribution in [1.29, 1.82) is 0 Å². The number of β-lactam (4-membered cyclic amide) rings is 1. The lowest BCUT2D eigenvalue weighted by atomic mass is 9.83. The Bertz CT molecular complexity index is 1560. The molecule has 2 aliphatic heterocycles. The number of rotatable bonds is 9. The van der Waals surface area contributed by atoms with E-state index in [2.05, 4.69) is 10.3 Å². The molecule has 4 heterocycles. The average molecular weight is 556 g/mol. The number of ketones is 1. The normalized spacial score (nSPS) is 19.0. The molecule has 3 aromatic rings. The average Bonchev–Trinajstić information content (AvgIpc) is 3.57. The number of Topliss-reactive ketones (excluding diaryl/α,β-unsaturated/α-hetero) is 1. The van der Waals surface area contributed by atoms with E-state index >= 15 is 0 Å². The van der Waals surface area contributed by atoms with Gasteiger partial charge in [0, 0.05) is 23.9 Å². The summed E-state index contributed by atoms with van der Waals surface area (Å²) in [4.78, 5) is 65.8. The maximum Gasteiger partial charge on any atom is 0.407 e. The van der Waals surface area contributed by atoms with E-state index < -0.39 is 53.3 Å². The maximum atomic E-state index is 12.8. The maximum absolute atomic E-state index is 12.8. The standard InChI is InChI=1S/C24H21N5O9S/c1-11(30)18-15-6-14(20(23(33)34)28(15)21(18)32)17-8-27-10-26-19(22(27)39-17)16(31)7-25-24(35)38-9-12-2-4-13(5-3-12)29(36)37/h2-5,8,10-11,15,18,30H,6-7,9H2,1H3,(H,25,35)(H,33,34)/t11-,15-,18-/m1/s1. The van der Waals surface area contributed by atoms with Gasteiger partial charge in [-0.05, 0) is 31.0 Å². The van der Waals surface area contributed by atoms with Crippen LogP contribution in [0.1, 0.15) is 34.3 Å². The highest BCUT2D eigenvalue weighted by Gasteiger charge is 2.57. The molecule has 0 bridgehead atoms. The zero-order valence-electron chi connectivity index (χ0n) is 20.3. The van der Waals surface area contributed by atoms with Crippen molar-refractivity contribution in [1.82, 2.24) is 19.6 Å². The molecule has 0 radical (unpaired) electrons. The van der Waals surface area contributed by atoms with Crippen LogP contribution in [0.2, 0.25) is 0 Å². The number of aliphatic carboxylic acids is 1. The number of benzene rings is 1. The quantitative estimate of drug-likeness (QED) is 0.152. The number of fused-ring (bicyclic) bond motifs is 2. The molecule has 202 valence electrons. The Balaban J connectivity index is 1.25. The van der Waals surface area contributed by atoms with Crippen LogP contribution in [0.3, 0.4) is 0 Å². The third kappa shape index (κ3) is 4.61. The van der Waals surface area contributed by atoms with Crippen LogP contribution < -0.4 is 5.32 Å². The van der Waals surface area contributed by atoms with Crippen molar-refractivity contribution in [3.8, 4) is 0 Å². The summed E-state index contributed by atoms with van der Waals surface area (Å²) in [5, 5.41) is 32.8. The number of ether oxygens (including phenoxy) is 1. The van der Waals surface area contributed by atoms with Crippen LogP contribution in [0.15, 0.2) is 42.5 Å². The number of nitrogens with one attached hydrogen (secondary N) is 1. The number of thiazole rings is 1. The molecular formula is C24H21N5O9S. The first kappa shape index (κ1) is 26.0. The number of aliphatic hydroxyl groups is 1. The van der Waals surface area contributed by atoms with Gasteiger partial charge < -0.3 is 25.2 Å². The predicted octanol–water partition coefficient (Wildman–Crippen LogP) is 1.82. The van der Waals surface area contributed by atoms with E-state index in [1.54, 1.807) is 10.6 Å². The molecule has 1 aromatic carbocycles. The summed E-state index contributed by atoms with van der Waals surface area (Å²) in [6.45, 7) is 0.928. The van der Waals surface area contributed by atoms with Crippen molar-refractivity contribution in [2.45, 2.75) is 32.1 Å². The van der Waals surface area contributed by atoms with Crippen LogP contribution in [0.4, 0.5) is 10.5 Å². The van der Waals surface area contributed by atoms with Crippen molar-refractivity contribution >= 4 is 51.2 Å². The van der Waals surface area contributed by atoms with Crippen molar-refractivity contribution < 1.29 is 39.1 Å². The summed E-state index contributed by atoms with van der Waals surface area (Å²) in [6.07, 6.45) is 1.50. The van der Waals surface area contributed by atoms with E-state index in [4.69, 9.17) is 4.74 Å². The molecule has 15 heteroatoms. The number of hydrogen-bond acceptors (Lipinski definition) is 10. The number of imidazole rings is 1. The second kappa shape index (κ2) is 9.92. The molecule has 0 saturated carbocycles. The lowest BCUT2D eigenvalue weighted by Crippen LogP contribution is -2.61. The number of carbonyl (C=O) groups is 4. The summed E-state index contributed by atoms with van der Waals surface area (Å²) in [5.41, 5.74) is 0.798. The summed E-state index contributed by atoms with van der Waals surface area (Å²) in [5.74, 6) is -2.87. The number of amides is 2. The number of nitrogens with zero attached hydrogens (tertiary/aromatic N) is 4. The highest BCUT2D eigenvalue weighted by molar-refractivity contribution is 7.18. The first-order valence-corrected chi connectivity index (χ1v) is 12.5. The van der Waals surface area contributed by atoms with Gasteiger partial charge in [0.1, 0.15) is 29.2 Å². The molecule has 2 aliphatic rings. The fourth-order valence-corrected chi connectivity index (χ4v) is 5.92. The smallest absolute Gasteiger partial charge is 0.407 e. The van der Waals surface area contributed by atoms with Gasteiger partial charge in [-0.25, -0.2) is 14.6 Å². The van der Waals surface area contributed by atoms with E-state index in [1.807, 2.05) is 0 Å². The molecule has 0 aliphatic carbocycles. The van der Waals surface area contributed by atoms with E-state index in [9.17, 15) is 39.5 Å². The van der Waals surface area contributed by atoms with Crippen LogP contribution in [-0.4, -0.2) is 71.9 Å². The third-order valence-corrected chi connectivity index (χ3v) is 7.78. The molecule has 2 aromatic heterocycles. The summed E-state index contributed by atoms with van der Waals surface area (Å²) < 4.78 is 6.61. The molecule has 1 saturated heterocycles. The lowest BCUT2D eigenvalue weighted by Gasteiger charge is -2.44. The first-order chi connectivity index (χ1) is 18.6. The van der Waals surface area contributed by atoms with Crippen LogP contribution >= 0.6 is 11.3 Å². The second-order valence-electron chi connectivity index (χ2n) is 9.06. The molecule has 5 rings (SSSR count). The Hall–Kier alpha value is -4.63. The fourth-order valence-electron chi connectivity index (χ4n) is 4.77. The van der Waals surface area contributed by atoms with Crippen LogP contribution in [0.5, 0.6) is 0 Å². The van der Waals surface area contributed by atoms with E-state index in [1.165, 1.54) is 42.4 Å². The Morgan fingerprint density at radius 1 is 1.31 bits per heavy atom. The van der Waals surface area contributed by atoms with Gasteiger partial charge in [-0.1, -0.05) is 0 Å². The van der Waals surface area contributed by atoms with Crippen molar-refractivity contribution in [2.75, 3.05) is 6.54 Å². The molecule has 14 nitrogen and oxygen atoms in total. The monoisotopic (exact) mass is 555 g/mol. The zero-order valence-corrected chi connectivity index (χ0v) is 21.1. The largest absolute Gasteiger partial charge is 0.477 e. The van der Waals surface area contributed by atoms with Crippen molar-refractivity contribution in [3.05, 3.63) is 68.7 Å². The lowest BCUT2D eigenvalue weighted by molar-refractivity contribution is -0.384. The number of nitro benzene ring substituents is 1. The third-order valence-electron chi connectivity index (χ3n) is 6.61. The minimum Gasteiger partial charge on any atom is -0.477 e. The van der Waals surface area contributed by atoms with E-state index in [0.717, 1.165) is 11.3 Å². The molecule has 39 heavy (non-hydrogen) atoms. The number of nitro groups is 1. The number of aromatic nitrogens is 2. The highest BCUT2D eigenvalue weighted by Crippen LogP contribution is 2.48. The molecule has 3 N–H and O–H groups in total. The van der Waals surface area contributed by atoms with Crippen LogP contribution in [0.25, 0.3) is 10.4 Å². The Morgan fingerprint density at radius 2 is 2.03 bits per heavy atom. The molecule has 0 spiro atoms. The highest BCUT2D eigenvalue weighted by atomic mass is 32.1. The number of carbonyl (C=O) groups excluding carboxylic acids is 3. The Labute approximate surface area is 223 Å². The molecule has 0 unspecified atom stereocenters. The van der Waals surface area contributed by atoms with Gasteiger partial charge in [0.25, 0.3) is 5.69 Å². The summed E-state index contributed by atoms with van der Waals surface area (Å²) >= 11 is 1.13. The first-order valence-electron chi connectivity index (χ1n) is 11.7. The number of carboxylic acids is 1. The molecule has 2 amide bonds. The Kier molecular flexibility index (Phi) is 6.61. The van der Waals surface area contributed by atoms with Gasteiger partial charge in [0.15, 0.2) is 0 Å². The van der Waals surface area contributed by atoms with E-state index in [0.29, 0.717) is 20.8 Å². The summed E-state index contributed by atoms with van der Waals surface area (Å²) in [7, 11) is 0. The van der Waals surface area contributed by atoms with E-state index in [-0.39, 0.29) is 30.1 Å². The molecule has 3 atom stereocenters. The number of aliphatic hydroxyl groups excluding tert-OH is 1. The second-order valence-corrected chi connectivity index (χ2v) is 10.1. The Morgan fingerprint density at radius 3 is 2.67 bits per heavy atom.